The van der Waals surface area contributed by atoms with Gasteiger partial charge in [0.25, 0.3) is 0 Å². The Balaban J connectivity index is 0.000000433. The Morgan fingerprint density at radius 1 is 0.692 bits per heavy atom. The molecule has 1 fully saturated rings. The maximum absolute atomic E-state index is 9.99. The first-order valence-electron chi connectivity index (χ1n) is 18.6. The van der Waals surface area contributed by atoms with Crippen molar-refractivity contribution in [1.29, 1.82) is 0 Å². The summed E-state index contributed by atoms with van der Waals surface area (Å²) in [5.74, 6) is 1.79. The van der Waals surface area contributed by atoms with Crippen LogP contribution in [0.25, 0.3) is 0 Å². The van der Waals surface area contributed by atoms with Crippen LogP contribution in [0.1, 0.15) is 62.5 Å². The lowest BCUT2D eigenvalue weighted by atomic mass is 10.2. The number of epoxide rings is 1. The fourth-order valence-electron chi connectivity index (χ4n) is 5.19. The standard InChI is InChI=1S/C19H35NO5Si.C10H12O2.C9H23NO3Si/c1-17-11-7-8-12-19(17)25-16-18(21)15-20-13-9-5-6-10-14-26(22-2,23-3)24-4;1-8-4-2-3-5-10(8)12-7-9-6-11-9;1-11-14(12-2,13-3)9-7-5-4-6-8-10/h7-8,11-12,18,20-21H,5-6,9-10,13-16H2,1-4H3;2-5,9H,6-7H2,1H3;4-10H2,1-3H3. The molecule has 0 amide bonds. The summed E-state index contributed by atoms with van der Waals surface area (Å²) in [6.07, 6.45) is 8.72. The van der Waals surface area contributed by atoms with Crippen molar-refractivity contribution >= 4 is 17.6 Å². The molecule has 1 aliphatic heterocycles. The number of unbranched alkanes of at least 4 members (excludes halogenated alkanes) is 6. The van der Waals surface area contributed by atoms with Gasteiger partial charge < -0.3 is 56.9 Å². The van der Waals surface area contributed by atoms with Gasteiger partial charge in [0.15, 0.2) is 0 Å². The summed E-state index contributed by atoms with van der Waals surface area (Å²) in [6, 6.07) is 17.6. The second-order valence-corrected chi connectivity index (χ2v) is 18.9. The Kier molecular flexibility index (Phi) is 27.2. The minimum atomic E-state index is -2.41. The van der Waals surface area contributed by atoms with Crippen molar-refractivity contribution in [3.63, 3.8) is 0 Å². The molecule has 0 aliphatic carbocycles. The third kappa shape index (κ3) is 21.1. The average molecular weight is 771 g/mol. The third-order valence-electron chi connectivity index (χ3n) is 8.72. The summed E-state index contributed by atoms with van der Waals surface area (Å²) in [5.41, 5.74) is 7.67. The Labute approximate surface area is 316 Å². The lowest BCUT2D eigenvalue weighted by Gasteiger charge is -2.24. The van der Waals surface area contributed by atoms with Crippen molar-refractivity contribution in [1.82, 2.24) is 5.32 Å². The van der Waals surface area contributed by atoms with E-state index in [1.165, 1.54) is 18.4 Å². The second-order valence-electron chi connectivity index (χ2n) is 12.7. The summed E-state index contributed by atoms with van der Waals surface area (Å²) < 4.78 is 48.4. The van der Waals surface area contributed by atoms with Crippen molar-refractivity contribution in [3.05, 3.63) is 59.7 Å². The molecule has 2 aromatic carbocycles. The number of aliphatic hydroxyl groups excluding tert-OH is 1. The molecule has 2 unspecified atom stereocenters. The van der Waals surface area contributed by atoms with Crippen LogP contribution in [0.3, 0.4) is 0 Å². The zero-order chi connectivity index (χ0) is 38.5. The number of nitrogens with one attached hydrogen (secondary N) is 1. The molecule has 0 saturated carbocycles. The molecule has 52 heavy (non-hydrogen) atoms. The van der Waals surface area contributed by atoms with Gasteiger partial charge in [0.05, 0.1) is 6.61 Å². The van der Waals surface area contributed by atoms with Gasteiger partial charge in [-0.25, -0.2) is 0 Å². The number of hydrogen-bond acceptors (Lipinski definition) is 12. The molecule has 0 radical (unpaired) electrons. The molecule has 2 aromatic rings. The molecule has 4 N–H and O–H groups in total. The van der Waals surface area contributed by atoms with E-state index in [0.29, 0.717) is 25.9 Å². The van der Waals surface area contributed by atoms with Crippen LogP contribution in [-0.4, -0.2) is 117 Å². The van der Waals surface area contributed by atoms with Gasteiger partial charge in [-0.3, -0.25) is 0 Å². The van der Waals surface area contributed by atoms with Gasteiger partial charge in [0, 0.05) is 61.3 Å². The highest BCUT2D eigenvalue weighted by atomic mass is 28.4. The summed E-state index contributed by atoms with van der Waals surface area (Å²) in [7, 11) is 5.19. The first kappa shape index (κ1) is 48.1. The largest absolute Gasteiger partial charge is 0.500 e. The van der Waals surface area contributed by atoms with Crippen molar-refractivity contribution in [2.24, 2.45) is 5.73 Å². The number of rotatable bonds is 27. The van der Waals surface area contributed by atoms with Crippen molar-refractivity contribution in [2.75, 3.05) is 82.1 Å². The van der Waals surface area contributed by atoms with Gasteiger partial charge in [-0.2, -0.15) is 0 Å². The molecule has 3 rings (SSSR count). The minimum Gasteiger partial charge on any atom is -0.491 e. The third-order valence-corrected chi connectivity index (χ3v) is 14.4. The molecule has 0 spiro atoms. The van der Waals surface area contributed by atoms with Gasteiger partial charge in [0.2, 0.25) is 0 Å². The van der Waals surface area contributed by atoms with E-state index in [1.807, 2.05) is 62.4 Å². The number of ether oxygens (including phenoxy) is 3. The number of para-hydroxylation sites is 2. The highest BCUT2D eigenvalue weighted by molar-refractivity contribution is 6.60. The van der Waals surface area contributed by atoms with Gasteiger partial charge in [-0.15, -0.1) is 0 Å². The highest BCUT2D eigenvalue weighted by Crippen LogP contribution is 2.20. The summed E-state index contributed by atoms with van der Waals surface area (Å²) in [6.45, 7) is 8.09. The topological polar surface area (TPSA) is 145 Å². The molecule has 0 aromatic heterocycles. The maximum Gasteiger partial charge on any atom is 0.500 e. The summed E-state index contributed by atoms with van der Waals surface area (Å²) >= 11 is 0. The summed E-state index contributed by atoms with van der Waals surface area (Å²) in [5, 5.41) is 13.3. The second kappa shape index (κ2) is 29.4. The highest BCUT2D eigenvalue weighted by Gasteiger charge is 2.37. The summed E-state index contributed by atoms with van der Waals surface area (Å²) in [4.78, 5) is 0. The van der Waals surface area contributed by atoms with Crippen molar-refractivity contribution in [3.8, 4) is 11.5 Å². The van der Waals surface area contributed by atoms with Crippen LogP contribution in [0.2, 0.25) is 12.1 Å². The average Bonchev–Trinajstić information content (AvgIpc) is 4.01. The fraction of sp³-hybridized carbons (Fsp3) is 0.684. The van der Waals surface area contributed by atoms with Gasteiger partial charge in [0.1, 0.15) is 36.9 Å². The molecule has 2 atom stereocenters. The van der Waals surface area contributed by atoms with E-state index in [-0.39, 0.29) is 0 Å². The van der Waals surface area contributed by atoms with Gasteiger partial charge in [-0.05, 0) is 75.9 Å². The Morgan fingerprint density at radius 2 is 1.13 bits per heavy atom. The van der Waals surface area contributed by atoms with Gasteiger partial charge in [-0.1, -0.05) is 62.1 Å². The first-order chi connectivity index (χ1) is 25.2. The molecule has 1 aliphatic rings. The van der Waals surface area contributed by atoms with Crippen LogP contribution in [-0.2, 0) is 31.3 Å². The van der Waals surface area contributed by atoms with Crippen LogP contribution < -0.4 is 20.5 Å². The molecular weight excluding hydrogens is 701 g/mol. The molecule has 14 heteroatoms. The Morgan fingerprint density at radius 3 is 1.58 bits per heavy atom. The van der Waals surface area contributed by atoms with Gasteiger partial charge >= 0.3 is 17.6 Å². The van der Waals surface area contributed by atoms with E-state index in [9.17, 15) is 5.11 Å². The van der Waals surface area contributed by atoms with Crippen LogP contribution in [0.15, 0.2) is 48.5 Å². The molecule has 12 nitrogen and oxygen atoms in total. The van der Waals surface area contributed by atoms with Crippen molar-refractivity contribution < 1.29 is 45.9 Å². The molecule has 300 valence electrons. The maximum atomic E-state index is 9.99. The normalized spacial score (nSPS) is 14.5. The fourth-order valence-corrected chi connectivity index (χ4v) is 8.78. The zero-order valence-corrected chi connectivity index (χ0v) is 35.3. The monoisotopic (exact) mass is 770 g/mol. The number of benzene rings is 2. The molecule has 1 heterocycles. The van der Waals surface area contributed by atoms with E-state index in [4.69, 9.17) is 46.5 Å². The van der Waals surface area contributed by atoms with E-state index in [1.54, 1.807) is 42.7 Å². The molecular formula is C38H70N2O10Si2. The number of aryl methyl sites for hydroxylation is 2. The Bertz CT molecular complexity index is 1120. The SMILES string of the molecule is CO[Si](CCCCCCN)(OC)OC.CO[Si](CCCCCCNCC(O)COc1ccccc1C)(OC)OC.Cc1ccccc1OCC1CO1. The number of nitrogens with two attached hydrogens (primary N) is 1. The quantitative estimate of drug-likeness (QED) is 0.0564. The van der Waals surface area contributed by atoms with Crippen LogP contribution in [0, 0.1) is 13.8 Å². The number of aliphatic hydroxyl groups is 1. The van der Waals surface area contributed by atoms with E-state index >= 15 is 0 Å². The lowest BCUT2D eigenvalue weighted by Crippen LogP contribution is -2.42. The zero-order valence-electron chi connectivity index (χ0n) is 33.3. The van der Waals surface area contributed by atoms with Crippen LogP contribution in [0.4, 0.5) is 0 Å². The van der Waals surface area contributed by atoms with Crippen molar-refractivity contribution in [2.45, 2.75) is 89.5 Å². The predicted molar refractivity (Wildman–Crippen MR) is 211 cm³/mol. The number of hydrogen-bond donors (Lipinski definition) is 3. The minimum absolute atomic E-state index is 0.301. The van der Waals surface area contributed by atoms with E-state index in [0.717, 1.165) is 87.4 Å². The van der Waals surface area contributed by atoms with Crippen LogP contribution >= 0.6 is 0 Å². The Hall–Kier alpha value is -1.93. The van der Waals surface area contributed by atoms with E-state index < -0.39 is 23.7 Å². The van der Waals surface area contributed by atoms with Crippen LogP contribution in [0.5, 0.6) is 11.5 Å². The molecule has 0 bridgehead atoms. The van der Waals surface area contributed by atoms with E-state index in [2.05, 4.69) is 5.32 Å². The predicted octanol–water partition coefficient (Wildman–Crippen LogP) is 5.92. The smallest absolute Gasteiger partial charge is 0.491 e. The lowest BCUT2D eigenvalue weighted by molar-refractivity contribution is 0.106. The molecule has 1 saturated heterocycles. The first-order valence-corrected chi connectivity index (χ1v) is 22.4.